The number of thiazole rings is 1. The number of aromatic nitrogens is 5. The lowest BCUT2D eigenvalue weighted by Crippen LogP contribution is -2.56. The van der Waals surface area contributed by atoms with E-state index in [-0.39, 0.29) is 28.9 Å². The molecule has 4 aromatic rings. The summed E-state index contributed by atoms with van der Waals surface area (Å²) in [7, 11) is -2.43. The SMILES string of the molecule is Cn1ccc(S(=O)(=O)N([C@H]2CCC3=Cc4c(cnn4-c4ccc(F)cc4)C[C@]3(C(=O)c3ncc(C(F)(F)F)s3)C2)[C@H]2C[C@@H](C)C2)n1. The molecule has 0 unspecified atom stereocenters. The van der Waals surface area contributed by atoms with Crippen LogP contribution in [0.3, 0.4) is 0 Å². The quantitative estimate of drug-likeness (QED) is 0.174. The third kappa shape index (κ3) is 5.12. The molecule has 0 radical (unpaired) electrons. The second-order valence-corrected chi connectivity index (χ2v) is 15.3. The molecule has 0 spiro atoms. The molecule has 0 saturated heterocycles. The highest BCUT2D eigenvalue weighted by Crippen LogP contribution is 2.53. The van der Waals surface area contributed by atoms with E-state index >= 15 is 0 Å². The average Bonchev–Trinajstić information content (AvgIpc) is 3.75. The van der Waals surface area contributed by atoms with Gasteiger partial charge in [-0.25, -0.2) is 22.5 Å². The molecule has 0 N–H and O–H groups in total. The Hall–Kier alpha value is -3.69. The summed E-state index contributed by atoms with van der Waals surface area (Å²) in [5, 5.41) is 8.34. The molecule has 0 bridgehead atoms. The summed E-state index contributed by atoms with van der Waals surface area (Å²) >= 11 is 0.300. The van der Waals surface area contributed by atoms with Crippen LogP contribution in [0.2, 0.25) is 0 Å². The fourth-order valence-corrected chi connectivity index (χ4v) is 9.84. The van der Waals surface area contributed by atoms with Crippen molar-refractivity contribution in [2.45, 2.75) is 68.7 Å². The van der Waals surface area contributed by atoms with Crippen LogP contribution in [-0.4, -0.2) is 55.1 Å². The van der Waals surface area contributed by atoms with E-state index in [1.165, 1.54) is 27.2 Å². The number of nitrogens with zero attached hydrogens (tertiary/aromatic N) is 6. The zero-order chi connectivity index (χ0) is 32.6. The second kappa shape index (κ2) is 10.9. The highest BCUT2D eigenvalue weighted by Gasteiger charge is 2.54. The number of carbonyl (C=O) groups is 1. The third-order valence-corrected chi connectivity index (χ3v) is 12.4. The molecule has 242 valence electrons. The molecule has 46 heavy (non-hydrogen) atoms. The summed E-state index contributed by atoms with van der Waals surface area (Å²) in [5.74, 6) is -0.646. The van der Waals surface area contributed by atoms with E-state index in [1.54, 1.807) is 36.3 Å². The van der Waals surface area contributed by atoms with Crippen LogP contribution >= 0.6 is 11.3 Å². The van der Waals surface area contributed by atoms with E-state index in [2.05, 4.69) is 22.1 Å². The summed E-state index contributed by atoms with van der Waals surface area (Å²) in [6, 6.07) is 6.35. The van der Waals surface area contributed by atoms with Gasteiger partial charge < -0.3 is 0 Å². The van der Waals surface area contributed by atoms with Crippen molar-refractivity contribution in [2.75, 3.05) is 0 Å². The van der Waals surface area contributed by atoms with Crippen molar-refractivity contribution >= 4 is 33.2 Å². The Kier molecular flexibility index (Phi) is 7.36. The second-order valence-electron chi connectivity index (χ2n) is 12.5. The van der Waals surface area contributed by atoms with Gasteiger partial charge in [0.2, 0.25) is 5.78 Å². The number of hydrogen-bond acceptors (Lipinski definition) is 7. The maximum Gasteiger partial charge on any atom is 0.427 e. The largest absolute Gasteiger partial charge is 0.427 e. The molecule has 7 rings (SSSR count). The van der Waals surface area contributed by atoms with Crippen LogP contribution in [0.15, 0.2) is 59.5 Å². The Morgan fingerprint density at radius 2 is 1.85 bits per heavy atom. The Morgan fingerprint density at radius 3 is 2.48 bits per heavy atom. The summed E-state index contributed by atoms with van der Waals surface area (Å²) in [5.41, 5.74) is 1.30. The first-order valence-electron chi connectivity index (χ1n) is 14.9. The minimum Gasteiger partial charge on any atom is -0.290 e. The van der Waals surface area contributed by atoms with Crippen LogP contribution in [-0.2, 0) is 29.7 Å². The van der Waals surface area contributed by atoms with Gasteiger partial charge in [0, 0.05) is 25.3 Å². The molecule has 3 aromatic heterocycles. The molecule has 0 amide bonds. The van der Waals surface area contributed by atoms with Crippen LogP contribution < -0.4 is 0 Å². The van der Waals surface area contributed by atoms with Gasteiger partial charge in [-0.05, 0) is 86.4 Å². The number of Topliss-reactive ketones (excluding diaryl/α,β-unsaturated/α-hetero) is 1. The van der Waals surface area contributed by atoms with Crippen molar-refractivity contribution in [1.82, 2.24) is 28.9 Å². The fourth-order valence-electron chi connectivity index (χ4n) is 7.20. The van der Waals surface area contributed by atoms with Gasteiger partial charge in [0.25, 0.3) is 10.0 Å². The van der Waals surface area contributed by atoms with E-state index in [0.29, 0.717) is 71.7 Å². The number of halogens is 4. The Bertz CT molecular complexity index is 1960. The van der Waals surface area contributed by atoms with E-state index in [1.807, 2.05) is 6.08 Å². The Balaban J connectivity index is 1.33. The number of aryl methyl sites for hydroxylation is 1. The van der Waals surface area contributed by atoms with Crippen molar-refractivity contribution in [3.05, 3.63) is 81.5 Å². The number of hydrogen-bond donors (Lipinski definition) is 0. The molecule has 3 aliphatic carbocycles. The lowest BCUT2D eigenvalue weighted by atomic mass is 9.60. The van der Waals surface area contributed by atoms with Crippen molar-refractivity contribution in [2.24, 2.45) is 18.4 Å². The monoisotopic (exact) mass is 674 g/mol. The zero-order valence-electron chi connectivity index (χ0n) is 24.9. The molecule has 2 atom stereocenters. The predicted octanol–water partition coefficient (Wildman–Crippen LogP) is 6.07. The van der Waals surface area contributed by atoms with Gasteiger partial charge in [0.15, 0.2) is 10.0 Å². The first-order chi connectivity index (χ1) is 21.8. The number of sulfonamides is 1. The lowest BCUT2D eigenvalue weighted by molar-refractivity contribution is -0.134. The van der Waals surface area contributed by atoms with Crippen LogP contribution in [0.25, 0.3) is 11.8 Å². The lowest BCUT2D eigenvalue weighted by Gasteiger charge is -2.50. The number of benzene rings is 1. The molecule has 1 aromatic carbocycles. The van der Waals surface area contributed by atoms with Gasteiger partial charge in [-0.3, -0.25) is 9.48 Å². The van der Waals surface area contributed by atoms with Gasteiger partial charge in [0.05, 0.1) is 29.2 Å². The van der Waals surface area contributed by atoms with Crippen LogP contribution in [0.4, 0.5) is 17.6 Å². The Labute approximate surface area is 266 Å². The van der Waals surface area contributed by atoms with Gasteiger partial charge >= 0.3 is 6.18 Å². The van der Waals surface area contributed by atoms with Gasteiger partial charge in [0.1, 0.15) is 10.7 Å². The minimum atomic E-state index is -4.66. The van der Waals surface area contributed by atoms with Crippen LogP contribution in [0, 0.1) is 17.2 Å². The van der Waals surface area contributed by atoms with Crippen LogP contribution in [0.1, 0.15) is 65.0 Å². The van der Waals surface area contributed by atoms with Gasteiger partial charge in [-0.15, -0.1) is 11.3 Å². The first-order valence-corrected chi connectivity index (χ1v) is 17.2. The number of alkyl halides is 3. The zero-order valence-corrected chi connectivity index (χ0v) is 26.5. The van der Waals surface area contributed by atoms with Gasteiger partial charge in [-0.1, -0.05) is 12.5 Å². The topological polar surface area (TPSA) is 103 Å². The van der Waals surface area contributed by atoms with E-state index in [4.69, 9.17) is 0 Å². The summed E-state index contributed by atoms with van der Waals surface area (Å²) < 4.78 is 87.3. The van der Waals surface area contributed by atoms with E-state index < -0.39 is 44.1 Å². The number of rotatable bonds is 7. The molecule has 15 heteroatoms. The average molecular weight is 675 g/mol. The predicted molar refractivity (Wildman–Crippen MR) is 161 cm³/mol. The van der Waals surface area contributed by atoms with Crippen molar-refractivity contribution in [3.63, 3.8) is 0 Å². The number of fused-ring (bicyclic) bond motifs is 2. The minimum absolute atomic E-state index is 0.0662. The van der Waals surface area contributed by atoms with Crippen molar-refractivity contribution in [3.8, 4) is 5.69 Å². The first kappa shape index (κ1) is 30.9. The van der Waals surface area contributed by atoms with Crippen LogP contribution in [0.5, 0.6) is 0 Å². The molecular formula is C31H30F4N6O3S2. The third-order valence-electron chi connectivity index (χ3n) is 9.42. The van der Waals surface area contributed by atoms with Gasteiger partial charge in [-0.2, -0.15) is 27.7 Å². The van der Waals surface area contributed by atoms with E-state index in [9.17, 15) is 30.8 Å². The Morgan fingerprint density at radius 1 is 1.11 bits per heavy atom. The molecule has 3 aliphatic rings. The maximum absolute atomic E-state index is 14.5. The fraction of sp³-hybridized carbons (Fsp3) is 0.419. The van der Waals surface area contributed by atoms with E-state index in [0.717, 1.165) is 0 Å². The van der Waals surface area contributed by atoms with Crippen molar-refractivity contribution < 1.29 is 30.8 Å². The normalized spacial score (nSPS) is 24.7. The summed E-state index contributed by atoms with van der Waals surface area (Å²) in [6.45, 7) is 2.05. The highest BCUT2D eigenvalue weighted by atomic mass is 32.2. The molecule has 3 heterocycles. The molecular weight excluding hydrogens is 645 g/mol. The standard InChI is InChI=1S/C31H30F4N6O3S2/c1-18-11-24(12-18)41(46(43,44)27-9-10-39(2)38-27)23-6-3-20-13-25-19(16-37-40(25)22-7-4-21(32)5-8-22)14-30(20,15-23)28(42)29-36-17-26(45-29)31(33,34)35/h4-5,7-10,13,16-18,23-24H,3,6,11-12,14-15H2,1-2H3/t18-,23-,24+,30-/m0/s1. The highest BCUT2D eigenvalue weighted by molar-refractivity contribution is 7.89. The number of ketones is 1. The number of carbonyl (C=O) groups excluding carboxylic acids is 1. The molecule has 2 saturated carbocycles. The molecule has 2 fully saturated rings. The van der Waals surface area contributed by atoms with Crippen molar-refractivity contribution in [1.29, 1.82) is 0 Å². The molecule has 0 aliphatic heterocycles. The smallest absolute Gasteiger partial charge is 0.290 e. The molecule has 9 nitrogen and oxygen atoms in total. The maximum atomic E-state index is 14.5. The summed E-state index contributed by atoms with van der Waals surface area (Å²) in [4.78, 5) is 17.4. The number of allylic oxidation sites excluding steroid dienone is 1. The summed E-state index contributed by atoms with van der Waals surface area (Å²) in [6.07, 6.45) is 3.23.